The van der Waals surface area contributed by atoms with E-state index in [1.807, 2.05) is 11.4 Å². The predicted octanol–water partition coefficient (Wildman–Crippen LogP) is 3.15. The molecule has 3 rings (SSSR count). The molecule has 0 saturated carbocycles. The number of rotatable bonds is 2. The third-order valence-electron chi connectivity index (χ3n) is 3.66. The van der Waals surface area contributed by atoms with Crippen LogP contribution in [0.2, 0.25) is 0 Å². The molecule has 2 heterocycles. The van der Waals surface area contributed by atoms with E-state index in [4.69, 9.17) is 0 Å². The molecule has 1 aromatic carbocycles. The molecule has 3 heteroatoms. The zero-order valence-corrected chi connectivity index (χ0v) is 10.6. The highest BCUT2D eigenvalue weighted by molar-refractivity contribution is 7.17. The molecule has 1 aliphatic rings. The summed E-state index contributed by atoms with van der Waals surface area (Å²) in [7, 11) is 0. The summed E-state index contributed by atoms with van der Waals surface area (Å²) in [4.78, 5) is 0. The van der Waals surface area contributed by atoms with Gasteiger partial charge >= 0.3 is 0 Å². The van der Waals surface area contributed by atoms with E-state index in [2.05, 4.69) is 17.4 Å². The third kappa shape index (κ3) is 2.17. The second kappa shape index (κ2) is 4.67. The number of phenolic OH excluding ortho intramolecular Hbond substituents is 1. The first-order chi connectivity index (χ1) is 8.34. The minimum atomic E-state index is 0.502. The first-order valence-electron chi connectivity index (χ1n) is 6.23. The molecule has 0 unspecified atom stereocenters. The molecule has 1 fully saturated rings. The fourth-order valence-corrected chi connectivity index (χ4v) is 3.42. The predicted molar refractivity (Wildman–Crippen MR) is 72.8 cm³/mol. The van der Waals surface area contributed by atoms with E-state index in [1.54, 1.807) is 11.3 Å². The number of phenols is 1. The molecule has 0 radical (unpaired) electrons. The summed E-state index contributed by atoms with van der Waals surface area (Å²) in [5, 5.41) is 16.7. The second-order valence-corrected chi connectivity index (χ2v) is 5.75. The second-order valence-electron chi connectivity index (χ2n) is 4.80. The molecular formula is C14H17NOS. The topological polar surface area (TPSA) is 32.3 Å². The Kier molecular flexibility index (Phi) is 3.04. The van der Waals surface area contributed by atoms with E-state index in [0.717, 1.165) is 36.4 Å². The molecule has 0 bridgehead atoms. The maximum atomic E-state index is 10.3. The van der Waals surface area contributed by atoms with Crippen LogP contribution in [0.3, 0.4) is 0 Å². The van der Waals surface area contributed by atoms with E-state index < -0.39 is 0 Å². The molecule has 0 aliphatic carbocycles. The van der Waals surface area contributed by atoms with Crippen LogP contribution in [0, 0.1) is 5.92 Å². The summed E-state index contributed by atoms with van der Waals surface area (Å²) < 4.78 is 1.18. The van der Waals surface area contributed by atoms with Gasteiger partial charge < -0.3 is 10.4 Å². The minimum absolute atomic E-state index is 0.502. The molecule has 2 N–H and O–H groups in total. The number of nitrogens with one attached hydrogen (secondary N) is 1. The fourth-order valence-electron chi connectivity index (χ4n) is 2.64. The lowest BCUT2D eigenvalue weighted by atomic mass is 9.90. The smallest absolute Gasteiger partial charge is 0.127 e. The van der Waals surface area contributed by atoms with Crippen molar-refractivity contribution in [3.63, 3.8) is 0 Å². The van der Waals surface area contributed by atoms with Gasteiger partial charge in [-0.2, -0.15) is 0 Å². The lowest BCUT2D eigenvalue weighted by Crippen LogP contribution is -2.28. The van der Waals surface area contributed by atoms with Crippen LogP contribution in [0.5, 0.6) is 5.75 Å². The molecule has 90 valence electrons. The van der Waals surface area contributed by atoms with Crippen molar-refractivity contribution in [3.05, 3.63) is 29.1 Å². The Labute approximate surface area is 105 Å². The van der Waals surface area contributed by atoms with Gasteiger partial charge in [-0.25, -0.2) is 0 Å². The Hall–Kier alpha value is -1.06. The largest absolute Gasteiger partial charge is 0.507 e. The summed E-state index contributed by atoms with van der Waals surface area (Å²) in [5.74, 6) is 1.22. The molecule has 2 aromatic rings. The molecule has 0 spiro atoms. The SMILES string of the molecule is Oc1c(CC2CCNCC2)ccc2sccc12. The van der Waals surface area contributed by atoms with Gasteiger partial charge in [-0.1, -0.05) is 6.07 Å². The molecular weight excluding hydrogens is 230 g/mol. The van der Waals surface area contributed by atoms with Crippen LogP contribution in [0.4, 0.5) is 0 Å². The van der Waals surface area contributed by atoms with E-state index in [-0.39, 0.29) is 0 Å². The van der Waals surface area contributed by atoms with E-state index >= 15 is 0 Å². The summed E-state index contributed by atoms with van der Waals surface area (Å²) in [6, 6.07) is 6.24. The normalized spacial score (nSPS) is 17.6. The van der Waals surface area contributed by atoms with E-state index in [1.165, 1.54) is 17.5 Å². The van der Waals surface area contributed by atoms with Crippen molar-refractivity contribution in [1.29, 1.82) is 0 Å². The first kappa shape index (κ1) is 11.1. The highest BCUT2D eigenvalue weighted by atomic mass is 32.1. The highest BCUT2D eigenvalue weighted by Crippen LogP contribution is 2.34. The Morgan fingerprint density at radius 1 is 1.24 bits per heavy atom. The zero-order chi connectivity index (χ0) is 11.7. The number of fused-ring (bicyclic) bond motifs is 1. The van der Waals surface area contributed by atoms with Crippen molar-refractivity contribution in [2.75, 3.05) is 13.1 Å². The molecule has 0 atom stereocenters. The van der Waals surface area contributed by atoms with Gasteiger partial charge in [0.1, 0.15) is 5.75 Å². The molecule has 0 amide bonds. The van der Waals surface area contributed by atoms with E-state index in [0.29, 0.717) is 5.75 Å². The van der Waals surface area contributed by atoms with Crippen LogP contribution < -0.4 is 5.32 Å². The number of hydrogen-bond acceptors (Lipinski definition) is 3. The van der Waals surface area contributed by atoms with Gasteiger partial charge in [0.15, 0.2) is 0 Å². The van der Waals surface area contributed by atoms with Crippen molar-refractivity contribution in [2.24, 2.45) is 5.92 Å². The van der Waals surface area contributed by atoms with Crippen molar-refractivity contribution >= 4 is 21.4 Å². The van der Waals surface area contributed by atoms with Gasteiger partial charge in [-0.15, -0.1) is 11.3 Å². The van der Waals surface area contributed by atoms with Crippen LogP contribution in [-0.4, -0.2) is 18.2 Å². The number of piperidine rings is 1. The Bertz CT molecular complexity index is 514. The summed E-state index contributed by atoms with van der Waals surface area (Å²) >= 11 is 1.69. The van der Waals surface area contributed by atoms with Crippen molar-refractivity contribution in [3.8, 4) is 5.75 Å². The van der Waals surface area contributed by atoms with Gasteiger partial charge in [-0.3, -0.25) is 0 Å². The zero-order valence-electron chi connectivity index (χ0n) is 9.78. The quantitative estimate of drug-likeness (QED) is 0.854. The number of benzene rings is 1. The van der Waals surface area contributed by atoms with Crippen LogP contribution in [0.15, 0.2) is 23.6 Å². The molecule has 17 heavy (non-hydrogen) atoms. The van der Waals surface area contributed by atoms with Crippen LogP contribution >= 0.6 is 11.3 Å². The Morgan fingerprint density at radius 3 is 2.88 bits per heavy atom. The van der Waals surface area contributed by atoms with Gasteiger partial charge in [-0.05, 0) is 61.3 Å². The van der Waals surface area contributed by atoms with Crippen LogP contribution in [0.1, 0.15) is 18.4 Å². The summed E-state index contributed by atoms with van der Waals surface area (Å²) in [6.07, 6.45) is 3.46. The lowest BCUT2D eigenvalue weighted by molar-refractivity contribution is 0.367. The molecule has 1 aromatic heterocycles. The number of thiophene rings is 1. The Balaban J connectivity index is 1.86. The fraction of sp³-hybridized carbons (Fsp3) is 0.429. The summed E-state index contributed by atoms with van der Waals surface area (Å²) in [5.41, 5.74) is 1.11. The monoisotopic (exact) mass is 247 g/mol. The maximum absolute atomic E-state index is 10.3. The first-order valence-corrected chi connectivity index (χ1v) is 7.11. The Morgan fingerprint density at radius 2 is 2.06 bits per heavy atom. The van der Waals surface area contributed by atoms with Gasteiger partial charge in [0.05, 0.1) is 0 Å². The van der Waals surface area contributed by atoms with E-state index in [9.17, 15) is 5.11 Å². The highest BCUT2D eigenvalue weighted by Gasteiger charge is 2.16. The number of aromatic hydroxyl groups is 1. The molecule has 1 saturated heterocycles. The average molecular weight is 247 g/mol. The summed E-state index contributed by atoms with van der Waals surface area (Å²) in [6.45, 7) is 2.23. The van der Waals surface area contributed by atoms with Crippen LogP contribution in [-0.2, 0) is 6.42 Å². The van der Waals surface area contributed by atoms with Crippen molar-refractivity contribution < 1.29 is 5.11 Å². The average Bonchev–Trinajstić information content (AvgIpc) is 2.83. The van der Waals surface area contributed by atoms with Gasteiger partial charge in [0.25, 0.3) is 0 Å². The third-order valence-corrected chi connectivity index (χ3v) is 4.54. The lowest BCUT2D eigenvalue weighted by Gasteiger charge is -2.22. The van der Waals surface area contributed by atoms with Crippen molar-refractivity contribution in [1.82, 2.24) is 5.32 Å². The van der Waals surface area contributed by atoms with Crippen LogP contribution in [0.25, 0.3) is 10.1 Å². The van der Waals surface area contributed by atoms with Gasteiger partial charge in [0, 0.05) is 10.1 Å². The number of hydrogen-bond donors (Lipinski definition) is 2. The molecule has 2 nitrogen and oxygen atoms in total. The van der Waals surface area contributed by atoms with Gasteiger partial charge in [0.2, 0.25) is 0 Å². The standard InChI is InChI=1S/C14H17NOS/c16-14-11(9-10-3-6-15-7-4-10)1-2-13-12(14)5-8-17-13/h1-2,5,8,10,15-16H,3-4,6-7,9H2. The minimum Gasteiger partial charge on any atom is -0.507 e. The van der Waals surface area contributed by atoms with Crippen molar-refractivity contribution in [2.45, 2.75) is 19.3 Å². The molecule has 1 aliphatic heterocycles. The maximum Gasteiger partial charge on any atom is 0.127 e.